The molecule has 1 saturated heterocycles. The quantitative estimate of drug-likeness (QED) is 0.475. The smallest absolute Gasteiger partial charge is 0.338 e. The average Bonchev–Trinajstić information content (AvgIpc) is 3.09. The predicted molar refractivity (Wildman–Crippen MR) is 112 cm³/mol. The zero-order chi connectivity index (χ0) is 23.0. The van der Waals surface area contributed by atoms with E-state index in [1.165, 1.54) is 30.2 Å². The van der Waals surface area contributed by atoms with Gasteiger partial charge in [0.2, 0.25) is 0 Å². The van der Waals surface area contributed by atoms with Crippen molar-refractivity contribution >= 4 is 27.6 Å². The molecule has 0 radical (unpaired) electrons. The topological polar surface area (TPSA) is 142 Å². The Labute approximate surface area is 181 Å². The van der Waals surface area contributed by atoms with Gasteiger partial charge < -0.3 is 24.8 Å². The summed E-state index contributed by atoms with van der Waals surface area (Å²) in [5, 5.41) is 0. The third-order valence-electron chi connectivity index (χ3n) is 4.82. The molecule has 10 nitrogen and oxygen atoms in total. The van der Waals surface area contributed by atoms with Gasteiger partial charge in [-0.05, 0) is 31.0 Å². The number of unbranched alkanes of at least 4 members (excludes halogenated alkanes) is 1. The van der Waals surface area contributed by atoms with Crippen molar-refractivity contribution < 1.29 is 37.0 Å². The highest BCUT2D eigenvalue weighted by Crippen LogP contribution is 2.28. The maximum absolute atomic E-state index is 12.7. The maximum Gasteiger partial charge on any atom is 0.338 e. The third-order valence-corrected chi connectivity index (χ3v) is 6.57. The van der Waals surface area contributed by atoms with Gasteiger partial charge in [-0.25, -0.2) is 13.2 Å². The number of ether oxygens (including phenoxy) is 3. The van der Waals surface area contributed by atoms with Crippen LogP contribution >= 0.6 is 0 Å². The molecule has 1 heterocycles. The number of methoxy groups -OCH3 is 1. The summed E-state index contributed by atoms with van der Waals surface area (Å²) in [6.07, 6.45) is 1.95. The van der Waals surface area contributed by atoms with Gasteiger partial charge in [0, 0.05) is 12.6 Å². The Kier molecular flexibility index (Phi) is 8.66. The summed E-state index contributed by atoms with van der Waals surface area (Å²) in [4.78, 5) is 37.4. The lowest BCUT2D eigenvalue weighted by Crippen LogP contribution is -2.43. The van der Waals surface area contributed by atoms with Crippen LogP contribution < -0.4 is 15.2 Å². The molecule has 2 N–H and O–H groups in total. The van der Waals surface area contributed by atoms with E-state index in [2.05, 4.69) is 0 Å². The van der Waals surface area contributed by atoms with E-state index >= 15 is 0 Å². The van der Waals surface area contributed by atoms with Crippen molar-refractivity contribution in [2.45, 2.75) is 32.2 Å². The van der Waals surface area contributed by atoms with Gasteiger partial charge in [-0.15, -0.1) is 0 Å². The van der Waals surface area contributed by atoms with E-state index < -0.39 is 40.3 Å². The Morgan fingerprint density at radius 2 is 1.94 bits per heavy atom. The Hall–Kier alpha value is -2.82. The molecule has 1 aromatic carbocycles. The van der Waals surface area contributed by atoms with Crippen LogP contribution in [0.15, 0.2) is 18.2 Å². The van der Waals surface area contributed by atoms with Crippen LogP contribution in [0.1, 0.15) is 36.5 Å². The number of hydrogen-bond acceptors (Lipinski definition) is 8. The molecule has 1 aromatic rings. The Bertz CT molecular complexity index is 916. The van der Waals surface area contributed by atoms with Crippen LogP contribution in [-0.4, -0.2) is 75.5 Å². The molecular weight excluding hydrogens is 428 g/mol. The van der Waals surface area contributed by atoms with Gasteiger partial charge in [-0.1, -0.05) is 13.3 Å². The second kappa shape index (κ2) is 11.0. The fourth-order valence-electron chi connectivity index (χ4n) is 3.22. The molecule has 31 heavy (non-hydrogen) atoms. The zero-order valence-electron chi connectivity index (χ0n) is 17.7. The lowest BCUT2D eigenvalue weighted by molar-refractivity contribution is -0.136. The summed E-state index contributed by atoms with van der Waals surface area (Å²) < 4.78 is 39.1. The van der Waals surface area contributed by atoms with Crippen LogP contribution in [0.3, 0.4) is 0 Å². The molecule has 11 heteroatoms. The average molecular weight is 457 g/mol. The summed E-state index contributed by atoms with van der Waals surface area (Å²) in [6.45, 7) is 1.53. The van der Waals surface area contributed by atoms with Crippen molar-refractivity contribution in [1.29, 1.82) is 0 Å². The first-order chi connectivity index (χ1) is 14.7. The summed E-state index contributed by atoms with van der Waals surface area (Å²) in [5.41, 5.74) is 5.17. The lowest BCUT2D eigenvalue weighted by Gasteiger charge is -2.28. The minimum Gasteiger partial charge on any atom is -0.493 e. The number of sulfone groups is 1. The van der Waals surface area contributed by atoms with E-state index in [0.717, 1.165) is 12.8 Å². The van der Waals surface area contributed by atoms with Crippen LogP contribution in [0, 0.1) is 0 Å². The predicted octanol–water partition coefficient (Wildman–Crippen LogP) is 0.532. The minimum atomic E-state index is -3.15. The number of nitrogens with zero attached hydrogens (tertiary/aromatic N) is 1. The number of esters is 1. The molecule has 0 spiro atoms. The Balaban J connectivity index is 2.02. The molecule has 2 rings (SSSR count). The van der Waals surface area contributed by atoms with Crippen molar-refractivity contribution in [2.24, 2.45) is 5.73 Å². The number of primary amides is 1. The number of carbonyl (C=O) groups excluding carboxylic acids is 3. The third kappa shape index (κ3) is 7.12. The highest BCUT2D eigenvalue weighted by atomic mass is 32.2. The zero-order valence-corrected chi connectivity index (χ0v) is 18.5. The normalized spacial score (nSPS) is 17.0. The summed E-state index contributed by atoms with van der Waals surface area (Å²) in [5.74, 6) is -1.44. The highest BCUT2D eigenvalue weighted by Gasteiger charge is 2.34. The first-order valence-corrected chi connectivity index (χ1v) is 11.7. The van der Waals surface area contributed by atoms with Crippen molar-refractivity contribution in [3.8, 4) is 11.5 Å². The van der Waals surface area contributed by atoms with E-state index in [1.54, 1.807) is 0 Å². The fraction of sp³-hybridized carbons (Fsp3) is 0.550. The number of hydrogen-bond donors (Lipinski definition) is 1. The van der Waals surface area contributed by atoms with E-state index in [9.17, 15) is 22.8 Å². The number of rotatable bonds is 11. The van der Waals surface area contributed by atoms with Gasteiger partial charge in [0.05, 0.1) is 24.2 Å². The number of nitrogens with two attached hydrogens (primary N) is 1. The van der Waals surface area contributed by atoms with Gasteiger partial charge in [0.15, 0.2) is 34.6 Å². The van der Waals surface area contributed by atoms with Gasteiger partial charge in [-0.3, -0.25) is 9.59 Å². The monoisotopic (exact) mass is 456 g/mol. The number of benzene rings is 1. The van der Waals surface area contributed by atoms with Crippen LogP contribution in [0.4, 0.5) is 0 Å². The van der Waals surface area contributed by atoms with Crippen LogP contribution in [0.2, 0.25) is 0 Å². The van der Waals surface area contributed by atoms with Crippen molar-refractivity contribution in [2.75, 3.05) is 38.4 Å². The van der Waals surface area contributed by atoms with Crippen molar-refractivity contribution in [3.05, 3.63) is 23.8 Å². The van der Waals surface area contributed by atoms with Gasteiger partial charge >= 0.3 is 5.97 Å². The minimum absolute atomic E-state index is 0.0529. The van der Waals surface area contributed by atoms with E-state index in [1.807, 2.05) is 6.92 Å². The van der Waals surface area contributed by atoms with Crippen LogP contribution in [0.5, 0.6) is 11.5 Å². The molecule has 1 atom stereocenters. The molecule has 0 aromatic heterocycles. The van der Waals surface area contributed by atoms with Crippen LogP contribution in [0.25, 0.3) is 0 Å². The maximum atomic E-state index is 12.7. The molecule has 2 amide bonds. The first kappa shape index (κ1) is 24.4. The van der Waals surface area contributed by atoms with Gasteiger partial charge in [0.25, 0.3) is 11.8 Å². The SMILES string of the molecule is CCCCN(C(=O)COC(=O)c1ccc(OCC(N)=O)c(OC)c1)C1CCS(=O)(=O)C1. The number of carbonyl (C=O) groups is 3. The van der Waals surface area contributed by atoms with Crippen molar-refractivity contribution in [1.82, 2.24) is 4.90 Å². The lowest BCUT2D eigenvalue weighted by atomic mass is 10.2. The Morgan fingerprint density at radius 3 is 2.52 bits per heavy atom. The second-order valence-corrected chi connectivity index (χ2v) is 9.42. The molecular formula is C20H28N2O8S. The van der Waals surface area contributed by atoms with E-state index in [-0.39, 0.29) is 35.2 Å². The van der Waals surface area contributed by atoms with E-state index in [0.29, 0.717) is 13.0 Å². The highest BCUT2D eigenvalue weighted by molar-refractivity contribution is 7.91. The van der Waals surface area contributed by atoms with Gasteiger partial charge in [0.1, 0.15) is 0 Å². The molecule has 0 saturated carbocycles. The fourth-order valence-corrected chi connectivity index (χ4v) is 4.95. The molecule has 172 valence electrons. The first-order valence-electron chi connectivity index (χ1n) is 9.93. The molecule has 1 unspecified atom stereocenters. The number of amides is 2. The second-order valence-electron chi connectivity index (χ2n) is 7.19. The summed E-state index contributed by atoms with van der Waals surface area (Å²) in [7, 11) is -1.78. The standard InChI is InChI=1S/C20H28N2O8S/c1-3-4-8-22(15-7-9-31(26,27)13-15)19(24)12-30-20(25)14-5-6-16(17(10-14)28-2)29-11-18(21)23/h5-6,10,15H,3-4,7-9,11-13H2,1-2H3,(H2,21,23). The molecule has 1 fully saturated rings. The van der Waals surface area contributed by atoms with Crippen molar-refractivity contribution in [3.63, 3.8) is 0 Å². The molecule has 0 aliphatic carbocycles. The van der Waals surface area contributed by atoms with Gasteiger partial charge in [-0.2, -0.15) is 0 Å². The molecule has 0 bridgehead atoms. The van der Waals surface area contributed by atoms with E-state index in [4.69, 9.17) is 19.9 Å². The largest absolute Gasteiger partial charge is 0.493 e. The Morgan fingerprint density at radius 1 is 1.19 bits per heavy atom. The van der Waals surface area contributed by atoms with Crippen LogP contribution in [-0.2, 0) is 24.2 Å². The summed E-state index contributed by atoms with van der Waals surface area (Å²) in [6, 6.07) is 3.80. The summed E-state index contributed by atoms with van der Waals surface area (Å²) >= 11 is 0. The molecule has 1 aliphatic rings. The molecule has 1 aliphatic heterocycles.